The molecule has 1 saturated heterocycles. The van der Waals surface area contributed by atoms with Crippen molar-refractivity contribution in [1.29, 1.82) is 0 Å². The standard InChI is InChI=1S/C15H29NO/c1-11(2)13-6-7-15(17)14(9-13)10-16-8-4-5-12(16)3/h11-15,17H,4-10H2,1-3H3. The first-order valence-corrected chi connectivity index (χ1v) is 7.50. The third-order valence-corrected chi connectivity index (χ3v) is 5.09. The van der Waals surface area contributed by atoms with Crippen molar-refractivity contribution in [3.05, 3.63) is 0 Å². The summed E-state index contributed by atoms with van der Waals surface area (Å²) >= 11 is 0. The molecule has 2 nitrogen and oxygen atoms in total. The molecule has 0 amide bonds. The monoisotopic (exact) mass is 239 g/mol. The largest absolute Gasteiger partial charge is 0.393 e. The summed E-state index contributed by atoms with van der Waals surface area (Å²) in [5, 5.41) is 10.2. The summed E-state index contributed by atoms with van der Waals surface area (Å²) in [6, 6.07) is 0.738. The Morgan fingerprint density at radius 1 is 1.24 bits per heavy atom. The van der Waals surface area contributed by atoms with E-state index in [1.54, 1.807) is 0 Å². The first-order valence-electron chi connectivity index (χ1n) is 7.50. The first-order chi connectivity index (χ1) is 8.08. The summed E-state index contributed by atoms with van der Waals surface area (Å²) in [5.41, 5.74) is 0. The number of aliphatic hydroxyl groups excluding tert-OH is 1. The Labute approximate surface area is 106 Å². The molecule has 4 unspecified atom stereocenters. The van der Waals surface area contributed by atoms with Crippen LogP contribution in [0.5, 0.6) is 0 Å². The van der Waals surface area contributed by atoms with Crippen LogP contribution in [0.2, 0.25) is 0 Å². The summed E-state index contributed by atoms with van der Waals surface area (Å²) in [5.74, 6) is 2.14. The number of hydrogen-bond acceptors (Lipinski definition) is 2. The maximum atomic E-state index is 10.2. The van der Waals surface area contributed by atoms with Gasteiger partial charge in [0, 0.05) is 12.6 Å². The lowest BCUT2D eigenvalue weighted by Gasteiger charge is -2.38. The van der Waals surface area contributed by atoms with Crippen molar-refractivity contribution < 1.29 is 5.11 Å². The van der Waals surface area contributed by atoms with Crippen molar-refractivity contribution in [1.82, 2.24) is 4.90 Å². The third-order valence-electron chi connectivity index (χ3n) is 5.09. The van der Waals surface area contributed by atoms with Crippen molar-refractivity contribution in [3.8, 4) is 0 Å². The number of likely N-dealkylation sites (tertiary alicyclic amines) is 1. The van der Waals surface area contributed by atoms with Crippen LogP contribution >= 0.6 is 0 Å². The van der Waals surface area contributed by atoms with Crippen molar-refractivity contribution >= 4 is 0 Å². The van der Waals surface area contributed by atoms with Gasteiger partial charge in [0.25, 0.3) is 0 Å². The number of hydrogen-bond donors (Lipinski definition) is 1. The van der Waals surface area contributed by atoms with E-state index in [0.717, 1.165) is 30.8 Å². The van der Waals surface area contributed by atoms with Gasteiger partial charge in [-0.15, -0.1) is 0 Å². The van der Waals surface area contributed by atoms with Crippen LogP contribution in [0.15, 0.2) is 0 Å². The predicted octanol–water partition coefficient (Wildman–Crippen LogP) is 2.90. The van der Waals surface area contributed by atoms with Gasteiger partial charge in [0.05, 0.1) is 6.10 Å². The molecule has 0 aromatic heterocycles. The topological polar surface area (TPSA) is 23.5 Å². The van der Waals surface area contributed by atoms with Gasteiger partial charge in [-0.1, -0.05) is 13.8 Å². The van der Waals surface area contributed by atoms with E-state index in [4.69, 9.17) is 0 Å². The van der Waals surface area contributed by atoms with Gasteiger partial charge in [-0.05, 0) is 63.3 Å². The van der Waals surface area contributed by atoms with E-state index >= 15 is 0 Å². The number of rotatable bonds is 3. The Balaban J connectivity index is 1.89. The van der Waals surface area contributed by atoms with Gasteiger partial charge in [0.15, 0.2) is 0 Å². The normalized spacial score (nSPS) is 40.1. The molecule has 1 N–H and O–H groups in total. The zero-order valence-electron chi connectivity index (χ0n) is 11.7. The Morgan fingerprint density at radius 3 is 2.59 bits per heavy atom. The lowest BCUT2D eigenvalue weighted by Crippen LogP contribution is -2.40. The van der Waals surface area contributed by atoms with Crippen LogP contribution in [0.25, 0.3) is 0 Å². The minimum absolute atomic E-state index is 0.0437. The summed E-state index contributed by atoms with van der Waals surface area (Å²) in [7, 11) is 0. The molecule has 17 heavy (non-hydrogen) atoms. The fourth-order valence-electron chi connectivity index (χ4n) is 3.65. The van der Waals surface area contributed by atoms with E-state index in [0.29, 0.717) is 5.92 Å². The average Bonchev–Trinajstić information content (AvgIpc) is 2.67. The maximum Gasteiger partial charge on any atom is 0.0580 e. The summed E-state index contributed by atoms with van der Waals surface area (Å²) in [4.78, 5) is 2.59. The van der Waals surface area contributed by atoms with E-state index in [1.807, 2.05) is 0 Å². The average molecular weight is 239 g/mol. The summed E-state index contributed by atoms with van der Waals surface area (Å²) in [6.45, 7) is 9.38. The third kappa shape index (κ3) is 3.23. The smallest absolute Gasteiger partial charge is 0.0580 e. The SMILES string of the molecule is CC(C)C1CCC(O)C(CN2CCCC2C)C1. The van der Waals surface area contributed by atoms with Gasteiger partial charge in [0.2, 0.25) is 0 Å². The van der Waals surface area contributed by atoms with Crippen LogP contribution in [0.3, 0.4) is 0 Å². The zero-order valence-corrected chi connectivity index (χ0v) is 11.7. The molecule has 0 aromatic carbocycles. The molecule has 2 aliphatic rings. The fourth-order valence-corrected chi connectivity index (χ4v) is 3.65. The molecule has 2 heteroatoms. The summed E-state index contributed by atoms with van der Waals surface area (Å²) < 4.78 is 0. The van der Waals surface area contributed by atoms with Gasteiger partial charge in [0.1, 0.15) is 0 Å². The molecule has 0 spiro atoms. The van der Waals surface area contributed by atoms with Gasteiger partial charge < -0.3 is 10.0 Å². The van der Waals surface area contributed by atoms with Crippen LogP contribution in [-0.2, 0) is 0 Å². The molecule has 100 valence electrons. The summed E-state index contributed by atoms with van der Waals surface area (Å²) in [6.07, 6.45) is 6.13. The second kappa shape index (κ2) is 5.71. The lowest BCUT2D eigenvalue weighted by atomic mass is 9.74. The van der Waals surface area contributed by atoms with E-state index in [1.165, 1.54) is 32.2 Å². The number of aliphatic hydroxyl groups is 1. The van der Waals surface area contributed by atoms with Crippen molar-refractivity contribution in [2.45, 2.75) is 65.0 Å². The number of nitrogens with zero attached hydrogens (tertiary/aromatic N) is 1. The zero-order chi connectivity index (χ0) is 12.4. The Kier molecular flexibility index (Phi) is 4.48. The molecule has 2 fully saturated rings. The molecule has 0 aromatic rings. The molecule has 4 atom stereocenters. The van der Waals surface area contributed by atoms with Crippen LogP contribution in [0.4, 0.5) is 0 Å². The molecule has 1 heterocycles. The van der Waals surface area contributed by atoms with Gasteiger partial charge in [-0.25, -0.2) is 0 Å². The van der Waals surface area contributed by atoms with Crippen LogP contribution < -0.4 is 0 Å². The molecule has 1 aliphatic heterocycles. The van der Waals surface area contributed by atoms with Crippen LogP contribution in [0.1, 0.15) is 52.9 Å². The van der Waals surface area contributed by atoms with Crippen molar-refractivity contribution in [3.63, 3.8) is 0 Å². The van der Waals surface area contributed by atoms with Gasteiger partial charge >= 0.3 is 0 Å². The fraction of sp³-hybridized carbons (Fsp3) is 1.00. The van der Waals surface area contributed by atoms with E-state index in [9.17, 15) is 5.11 Å². The quantitative estimate of drug-likeness (QED) is 0.818. The van der Waals surface area contributed by atoms with Gasteiger partial charge in [-0.2, -0.15) is 0 Å². The molecule has 0 bridgehead atoms. The highest BCUT2D eigenvalue weighted by Crippen LogP contribution is 2.35. The molecule has 2 rings (SSSR count). The van der Waals surface area contributed by atoms with Crippen LogP contribution in [-0.4, -0.2) is 35.2 Å². The van der Waals surface area contributed by atoms with E-state index in [-0.39, 0.29) is 6.10 Å². The van der Waals surface area contributed by atoms with E-state index in [2.05, 4.69) is 25.7 Å². The molecule has 1 aliphatic carbocycles. The Bertz CT molecular complexity index is 241. The Hall–Kier alpha value is -0.0800. The second-order valence-electron chi connectivity index (χ2n) is 6.63. The first kappa shape index (κ1) is 13.4. The molecular formula is C15H29NO. The van der Waals surface area contributed by atoms with Gasteiger partial charge in [-0.3, -0.25) is 0 Å². The predicted molar refractivity (Wildman–Crippen MR) is 71.9 cm³/mol. The maximum absolute atomic E-state index is 10.2. The minimum Gasteiger partial charge on any atom is -0.393 e. The molecular weight excluding hydrogens is 210 g/mol. The second-order valence-corrected chi connectivity index (χ2v) is 6.63. The molecule has 0 radical (unpaired) electrons. The van der Waals surface area contributed by atoms with E-state index < -0.39 is 0 Å². The highest BCUT2D eigenvalue weighted by Gasteiger charge is 2.33. The van der Waals surface area contributed by atoms with Crippen molar-refractivity contribution in [2.75, 3.05) is 13.1 Å². The highest BCUT2D eigenvalue weighted by molar-refractivity contribution is 4.86. The highest BCUT2D eigenvalue weighted by atomic mass is 16.3. The van der Waals surface area contributed by atoms with Crippen LogP contribution in [0, 0.1) is 17.8 Å². The minimum atomic E-state index is -0.0437. The Morgan fingerprint density at radius 2 is 2.00 bits per heavy atom. The lowest BCUT2D eigenvalue weighted by molar-refractivity contribution is 0.0175. The molecule has 1 saturated carbocycles. The van der Waals surface area contributed by atoms with Crippen molar-refractivity contribution in [2.24, 2.45) is 17.8 Å².